The average Bonchev–Trinajstić information content (AvgIpc) is 2.83. The van der Waals surface area contributed by atoms with Crippen molar-refractivity contribution in [1.29, 1.82) is 0 Å². The van der Waals surface area contributed by atoms with Crippen molar-refractivity contribution in [3.05, 3.63) is 92.2 Å². The molecule has 0 fully saturated rings. The Bertz CT molecular complexity index is 1160. The van der Waals surface area contributed by atoms with Crippen molar-refractivity contribution >= 4 is 35.0 Å². The molecule has 0 radical (unpaired) electrons. The molecular formula is C27H27Cl2NO4. The van der Waals surface area contributed by atoms with Crippen LogP contribution in [0.2, 0.25) is 10.0 Å². The molecule has 0 bridgehead atoms. The van der Waals surface area contributed by atoms with Gasteiger partial charge in [-0.15, -0.1) is 0 Å². The second-order valence-corrected chi connectivity index (χ2v) is 9.25. The number of ether oxygens (including phenoxy) is 2. The molecule has 2 unspecified atom stereocenters. The summed E-state index contributed by atoms with van der Waals surface area (Å²) in [5.41, 5.74) is 4.35. The van der Waals surface area contributed by atoms with Gasteiger partial charge < -0.3 is 14.8 Å². The van der Waals surface area contributed by atoms with E-state index in [0.29, 0.717) is 52.9 Å². The average molecular weight is 500 g/mol. The third kappa shape index (κ3) is 5.07. The van der Waals surface area contributed by atoms with E-state index in [0.717, 1.165) is 16.8 Å². The number of carbonyl (C=O) groups is 2. The maximum atomic E-state index is 13.6. The molecular weight excluding hydrogens is 473 g/mol. The predicted molar refractivity (Wildman–Crippen MR) is 133 cm³/mol. The fourth-order valence-corrected chi connectivity index (χ4v) is 5.02. The summed E-state index contributed by atoms with van der Waals surface area (Å²) in [6.45, 7) is 4.70. The summed E-state index contributed by atoms with van der Waals surface area (Å²) >= 11 is 12.5. The van der Waals surface area contributed by atoms with E-state index in [2.05, 4.69) is 5.32 Å². The first-order valence-electron chi connectivity index (χ1n) is 11.4. The van der Waals surface area contributed by atoms with Crippen LogP contribution in [0.5, 0.6) is 0 Å². The minimum Gasteiger partial charge on any atom is -0.460 e. The molecule has 1 aliphatic heterocycles. The zero-order valence-electron chi connectivity index (χ0n) is 19.2. The van der Waals surface area contributed by atoms with E-state index in [-0.39, 0.29) is 18.3 Å². The Labute approximate surface area is 209 Å². The summed E-state index contributed by atoms with van der Waals surface area (Å²) in [5, 5.41) is 4.13. The van der Waals surface area contributed by atoms with Crippen LogP contribution < -0.4 is 5.32 Å². The summed E-state index contributed by atoms with van der Waals surface area (Å²) in [6, 6.07) is 15.3. The van der Waals surface area contributed by atoms with Gasteiger partial charge in [-0.05, 0) is 49.4 Å². The number of esters is 1. The van der Waals surface area contributed by atoms with Gasteiger partial charge in [0.05, 0.1) is 22.2 Å². The number of hydrogen-bond donors (Lipinski definition) is 1. The van der Waals surface area contributed by atoms with Crippen molar-refractivity contribution in [3.63, 3.8) is 0 Å². The molecule has 4 rings (SSSR count). The highest BCUT2D eigenvalue weighted by Gasteiger charge is 2.41. The van der Waals surface area contributed by atoms with Crippen LogP contribution >= 0.6 is 23.2 Å². The van der Waals surface area contributed by atoms with Crippen LogP contribution in [0.3, 0.4) is 0 Å². The molecule has 0 aromatic heterocycles. The van der Waals surface area contributed by atoms with Crippen LogP contribution in [0, 0.1) is 0 Å². The molecule has 5 nitrogen and oxygen atoms in total. The molecule has 1 heterocycles. The summed E-state index contributed by atoms with van der Waals surface area (Å²) in [6.07, 6.45) is 1.04. The van der Waals surface area contributed by atoms with Crippen LogP contribution in [0.4, 0.5) is 0 Å². The molecule has 0 spiro atoms. The van der Waals surface area contributed by atoms with Gasteiger partial charge in [-0.3, -0.25) is 4.79 Å². The Hall–Kier alpha value is -2.60. The topological polar surface area (TPSA) is 64.6 Å². The third-order valence-corrected chi connectivity index (χ3v) is 7.00. The Morgan fingerprint density at radius 2 is 1.79 bits per heavy atom. The van der Waals surface area contributed by atoms with Gasteiger partial charge in [-0.1, -0.05) is 59.6 Å². The predicted octanol–water partition coefficient (Wildman–Crippen LogP) is 5.93. The van der Waals surface area contributed by atoms with Crippen molar-refractivity contribution in [3.8, 4) is 0 Å². The fraction of sp³-hybridized carbons (Fsp3) is 0.333. The number of hydrogen-bond acceptors (Lipinski definition) is 5. The van der Waals surface area contributed by atoms with Gasteiger partial charge >= 0.3 is 5.97 Å². The first-order chi connectivity index (χ1) is 16.4. The molecule has 0 amide bonds. The zero-order chi connectivity index (χ0) is 24.2. The van der Waals surface area contributed by atoms with Gasteiger partial charge in [0, 0.05) is 35.9 Å². The maximum Gasteiger partial charge on any atom is 0.336 e. The van der Waals surface area contributed by atoms with E-state index < -0.39 is 11.9 Å². The fourth-order valence-electron chi connectivity index (χ4n) is 4.71. The van der Waals surface area contributed by atoms with Crippen LogP contribution in [-0.2, 0) is 19.1 Å². The molecule has 1 aliphatic carbocycles. The lowest BCUT2D eigenvalue weighted by Gasteiger charge is -2.36. The van der Waals surface area contributed by atoms with Crippen LogP contribution in [0.1, 0.15) is 49.7 Å². The molecule has 2 aromatic rings. The van der Waals surface area contributed by atoms with E-state index in [1.54, 1.807) is 12.1 Å². The minimum absolute atomic E-state index is 0.00536. The normalized spacial score (nSPS) is 20.2. The van der Waals surface area contributed by atoms with Crippen molar-refractivity contribution < 1.29 is 19.1 Å². The molecule has 0 saturated heterocycles. The van der Waals surface area contributed by atoms with E-state index in [4.69, 9.17) is 32.7 Å². The van der Waals surface area contributed by atoms with Crippen LogP contribution in [0.25, 0.3) is 0 Å². The third-order valence-electron chi connectivity index (χ3n) is 6.26. The molecule has 34 heavy (non-hydrogen) atoms. The highest BCUT2D eigenvalue weighted by Crippen LogP contribution is 2.46. The number of dihydropyridines is 1. The second kappa shape index (κ2) is 10.8. The lowest BCUT2D eigenvalue weighted by molar-refractivity contribution is -0.140. The standard InChI is InChI=1S/C27H27Cl2NO4/c1-3-33-11-12-34-27(32)24-16(2)30-22-14-19(17-7-5-4-6-8-17)15-23(31)26(22)25(24)18-9-10-20(28)21(29)13-18/h4-10,13,19,25,30H,3,11-12,14-15H2,1-2H3. The summed E-state index contributed by atoms with van der Waals surface area (Å²) in [7, 11) is 0. The lowest BCUT2D eigenvalue weighted by Crippen LogP contribution is -2.36. The van der Waals surface area contributed by atoms with Gasteiger partial charge in [-0.2, -0.15) is 0 Å². The molecule has 2 aromatic carbocycles. The van der Waals surface area contributed by atoms with Gasteiger partial charge in [0.25, 0.3) is 0 Å². The minimum atomic E-state index is -0.588. The molecule has 1 N–H and O–H groups in total. The van der Waals surface area contributed by atoms with Gasteiger partial charge in [-0.25, -0.2) is 4.79 Å². The zero-order valence-corrected chi connectivity index (χ0v) is 20.7. The maximum absolute atomic E-state index is 13.6. The monoisotopic (exact) mass is 499 g/mol. The molecule has 2 aliphatic rings. The Morgan fingerprint density at radius 1 is 1.03 bits per heavy atom. The SMILES string of the molecule is CCOCCOC(=O)C1=C(C)NC2=C(C(=O)CC(c3ccccc3)C2)C1c1ccc(Cl)c(Cl)c1. The summed E-state index contributed by atoms with van der Waals surface area (Å²) in [4.78, 5) is 26.8. The highest BCUT2D eigenvalue weighted by atomic mass is 35.5. The van der Waals surface area contributed by atoms with Crippen molar-refractivity contribution in [1.82, 2.24) is 5.32 Å². The van der Waals surface area contributed by atoms with E-state index in [1.165, 1.54) is 0 Å². The largest absolute Gasteiger partial charge is 0.460 e. The number of Topliss-reactive ketones (excluding diaryl/α,β-unsaturated/α-hetero) is 1. The van der Waals surface area contributed by atoms with Crippen molar-refractivity contribution in [2.45, 2.75) is 38.5 Å². The molecule has 2 atom stereocenters. The number of carbonyl (C=O) groups excluding carboxylic acids is 2. The highest BCUT2D eigenvalue weighted by molar-refractivity contribution is 6.42. The summed E-state index contributed by atoms with van der Waals surface area (Å²) < 4.78 is 10.8. The second-order valence-electron chi connectivity index (χ2n) is 8.43. The van der Waals surface area contributed by atoms with Gasteiger partial charge in [0.15, 0.2) is 5.78 Å². The van der Waals surface area contributed by atoms with E-state index in [9.17, 15) is 9.59 Å². The van der Waals surface area contributed by atoms with Gasteiger partial charge in [0.1, 0.15) is 6.61 Å². The van der Waals surface area contributed by atoms with Crippen molar-refractivity contribution in [2.24, 2.45) is 0 Å². The Kier molecular flexibility index (Phi) is 7.77. The van der Waals surface area contributed by atoms with Crippen LogP contribution in [-0.4, -0.2) is 31.6 Å². The summed E-state index contributed by atoms with van der Waals surface area (Å²) in [5.74, 6) is -0.993. The number of allylic oxidation sites excluding steroid dienone is 3. The number of benzene rings is 2. The number of ketones is 1. The first-order valence-corrected chi connectivity index (χ1v) is 12.1. The Balaban J connectivity index is 1.73. The quantitative estimate of drug-likeness (QED) is 0.377. The number of nitrogens with one attached hydrogen (secondary N) is 1. The molecule has 7 heteroatoms. The smallest absolute Gasteiger partial charge is 0.336 e. The number of halogens is 2. The molecule has 178 valence electrons. The van der Waals surface area contributed by atoms with Crippen molar-refractivity contribution in [2.75, 3.05) is 19.8 Å². The molecule has 0 saturated carbocycles. The van der Waals surface area contributed by atoms with Crippen LogP contribution in [0.15, 0.2) is 71.1 Å². The van der Waals surface area contributed by atoms with E-state index >= 15 is 0 Å². The van der Waals surface area contributed by atoms with Gasteiger partial charge in [0.2, 0.25) is 0 Å². The lowest BCUT2D eigenvalue weighted by atomic mass is 9.72. The number of rotatable bonds is 7. The Morgan fingerprint density at radius 3 is 2.50 bits per heavy atom. The first kappa shape index (κ1) is 24.5. The van der Waals surface area contributed by atoms with E-state index in [1.807, 2.05) is 50.2 Å².